The Hall–Kier alpha value is -3.25. The predicted octanol–water partition coefficient (Wildman–Crippen LogP) is 2.13. The fraction of sp³-hybridized carbons (Fsp3) is 0.381. The monoisotopic (exact) mass is 420 g/mol. The van der Waals surface area contributed by atoms with E-state index in [1.807, 2.05) is 17.0 Å². The van der Waals surface area contributed by atoms with Gasteiger partial charge in [-0.05, 0) is 25.0 Å². The average molecular weight is 420 g/mol. The summed E-state index contributed by atoms with van der Waals surface area (Å²) >= 11 is 1.37. The van der Waals surface area contributed by atoms with E-state index < -0.39 is 0 Å². The SMILES string of the molecule is N#Cc1cnc(N2CCN(C(=O)c3ccc4c(c3)NC(=O)C3CCCN=C43)CC2)s1. The lowest BCUT2D eigenvalue weighted by Crippen LogP contribution is -2.48. The molecule has 1 atom stereocenters. The van der Waals surface area contributed by atoms with Crippen LogP contribution >= 0.6 is 11.3 Å². The van der Waals surface area contributed by atoms with Crippen LogP contribution < -0.4 is 10.2 Å². The molecule has 0 saturated carbocycles. The van der Waals surface area contributed by atoms with Crippen molar-refractivity contribution in [1.82, 2.24) is 9.88 Å². The van der Waals surface area contributed by atoms with Crippen molar-refractivity contribution in [3.63, 3.8) is 0 Å². The number of amides is 2. The number of aromatic nitrogens is 1. The molecule has 1 aromatic carbocycles. The fourth-order valence-electron chi connectivity index (χ4n) is 4.24. The van der Waals surface area contributed by atoms with E-state index in [9.17, 15) is 9.59 Å². The van der Waals surface area contributed by atoms with Crippen LogP contribution in [0.2, 0.25) is 0 Å². The number of fused-ring (bicyclic) bond motifs is 3. The van der Waals surface area contributed by atoms with Crippen molar-refractivity contribution < 1.29 is 9.59 Å². The molecule has 9 heteroatoms. The number of thiazole rings is 1. The van der Waals surface area contributed by atoms with Crippen LogP contribution in [0.25, 0.3) is 0 Å². The number of carbonyl (C=O) groups excluding carboxylic acids is 2. The first-order chi connectivity index (χ1) is 14.6. The van der Waals surface area contributed by atoms with Crippen molar-refractivity contribution in [3.8, 4) is 6.07 Å². The van der Waals surface area contributed by atoms with Gasteiger partial charge in [0, 0.05) is 43.9 Å². The second-order valence-corrected chi connectivity index (χ2v) is 8.62. The van der Waals surface area contributed by atoms with E-state index in [2.05, 4.69) is 26.3 Å². The Kier molecular flexibility index (Phi) is 4.71. The molecule has 3 aliphatic heterocycles. The van der Waals surface area contributed by atoms with Gasteiger partial charge >= 0.3 is 0 Å². The number of benzene rings is 1. The van der Waals surface area contributed by atoms with Crippen molar-refractivity contribution in [3.05, 3.63) is 40.4 Å². The van der Waals surface area contributed by atoms with E-state index in [-0.39, 0.29) is 17.7 Å². The van der Waals surface area contributed by atoms with Gasteiger partial charge in [0.1, 0.15) is 10.9 Å². The largest absolute Gasteiger partial charge is 0.345 e. The van der Waals surface area contributed by atoms with Gasteiger partial charge in [-0.2, -0.15) is 5.26 Å². The molecule has 1 saturated heterocycles. The lowest BCUT2D eigenvalue weighted by molar-refractivity contribution is -0.118. The van der Waals surface area contributed by atoms with Gasteiger partial charge in [-0.15, -0.1) is 0 Å². The molecular formula is C21H20N6O2S. The van der Waals surface area contributed by atoms with Gasteiger partial charge in [0.25, 0.3) is 5.91 Å². The van der Waals surface area contributed by atoms with Crippen LogP contribution in [0.1, 0.15) is 33.6 Å². The number of piperazine rings is 1. The molecule has 0 spiro atoms. The van der Waals surface area contributed by atoms with Crippen LogP contribution in [-0.2, 0) is 4.79 Å². The fourth-order valence-corrected chi connectivity index (χ4v) is 5.00. The number of anilines is 2. The lowest BCUT2D eigenvalue weighted by Gasteiger charge is -2.35. The number of nitrogens with one attached hydrogen (secondary N) is 1. The minimum absolute atomic E-state index is 0.0284. The van der Waals surface area contributed by atoms with Crippen molar-refractivity contribution in [2.75, 3.05) is 42.9 Å². The van der Waals surface area contributed by atoms with E-state index in [0.717, 1.165) is 35.8 Å². The summed E-state index contributed by atoms with van der Waals surface area (Å²) < 4.78 is 0. The number of rotatable bonds is 2. The minimum atomic E-state index is -0.173. The molecule has 30 heavy (non-hydrogen) atoms. The molecule has 0 bridgehead atoms. The van der Waals surface area contributed by atoms with Gasteiger partial charge < -0.3 is 15.1 Å². The Labute approximate surface area is 177 Å². The summed E-state index contributed by atoms with van der Waals surface area (Å²) in [5, 5.41) is 12.7. The average Bonchev–Trinajstić information content (AvgIpc) is 3.28. The molecule has 4 heterocycles. The molecule has 2 amide bonds. The summed E-state index contributed by atoms with van der Waals surface area (Å²) in [6, 6.07) is 7.62. The van der Waals surface area contributed by atoms with Crippen molar-refractivity contribution in [1.29, 1.82) is 5.26 Å². The van der Waals surface area contributed by atoms with Gasteiger partial charge in [0.05, 0.1) is 23.5 Å². The molecule has 3 aliphatic rings. The summed E-state index contributed by atoms with van der Waals surface area (Å²) in [7, 11) is 0. The van der Waals surface area contributed by atoms with Crippen molar-refractivity contribution in [2.45, 2.75) is 12.8 Å². The second kappa shape index (κ2) is 7.54. The first-order valence-corrected chi connectivity index (χ1v) is 10.9. The van der Waals surface area contributed by atoms with Crippen LogP contribution in [0, 0.1) is 17.2 Å². The van der Waals surface area contributed by atoms with Gasteiger partial charge in [0.15, 0.2) is 5.13 Å². The zero-order valence-electron chi connectivity index (χ0n) is 16.3. The zero-order chi connectivity index (χ0) is 20.7. The van der Waals surface area contributed by atoms with Gasteiger partial charge in [0.2, 0.25) is 5.91 Å². The molecule has 1 aromatic heterocycles. The smallest absolute Gasteiger partial charge is 0.254 e. The van der Waals surface area contributed by atoms with Crippen LogP contribution in [0.5, 0.6) is 0 Å². The van der Waals surface area contributed by atoms with E-state index in [1.54, 1.807) is 12.3 Å². The van der Waals surface area contributed by atoms with Crippen LogP contribution in [0.15, 0.2) is 29.4 Å². The Bertz CT molecular complexity index is 1090. The summed E-state index contributed by atoms with van der Waals surface area (Å²) in [5.74, 6) is -0.246. The molecule has 0 radical (unpaired) electrons. The maximum atomic E-state index is 13.1. The third-order valence-corrected chi connectivity index (χ3v) is 6.78. The van der Waals surface area contributed by atoms with E-state index in [1.165, 1.54) is 11.3 Å². The highest BCUT2D eigenvalue weighted by atomic mass is 32.1. The van der Waals surface area contributed by atoms with E-state index in [0.29, 0.717) is 42.3 Å². The third-order valence-electron chi connectivity index (χ3n) is 5.82. The molecule has 1 fully saturated rings. The number of carbonyl (C=O) groups is 2. The quantitative estimate of drug-likeness (QED) is 0.802. The molecule has 5 rings (SSSR count). The first-order valence-electron chi connectivity index (χ1n) is 10.0. The Morgan fingerprint density at radius 3 is 2.87 bits per heavy atom. The molecule has 1 unspecified atom stereocenters. The highest BCUT2D eigenvalue weighted by Gasteiger charge is 2.34. The summed E-state index contributed by atoms with van der Waals surface area (Å²) in [6.07, 6.45) is 3.34. The molecular weight excluding hydrogens is 400 g/mol. The molecule has 0 aliphatic carbocycles. The lowest BCUT2D eigenvalue weighted by atomic mass is 9.85. The number of nitrogens with zero attached hydrogens (tertiary/aromatic N) is 5. The Morgan fingerprint density at radius 2 is 2.10 bits per heavy atom. The predicted molar refractivity (Wildman–Crippen MR) is 114 cm³/mol. The minimum Gasteiger partial charge on any atom is -0.345 e. The number of hydrogen-bond acceptors (Lipinski definition) is 7. The first kappa shape index (κ1) is 18.8. The topological polar surface area (TPSA) is 102 Å². The van der Waals surface area contributed by atoms with Crippen molar-refractivity contribution in [2.24, 2.45) is 10.9 Å². The van der Waals surface area contributed by atoms with Crippen LogP contribution in [0.4, 0.5) is 10.8 Å². The molecule has 8 nitrogen and oxygen atoms in total. The number of aliphatic imine (C=N–C) groups is 1. The molecule has 1 N–H and O–H groups in total. The third kappa shape index (κ3) is 3.23. The Morgan fingerprint density at radius 1 is 1.27 bits per heavy atom. The highest BCUT2D eigenvalue weighted by Crippen LogP contribution is 2.32. The van der Waals surface area contributed by atoms with E-state index in [4.69, 9.17) is 5.26 Å². The van der Waals surface area contributed by atoms with Gasteiger partial charge in [-0.1, -0.05) is 17.4 Å². The zero-order valence-corrected chi connectivity index (χ0v) is 17.1. The van der Waals surface area contributed by atoms with Gasteiger partial charge in [-0.25, -0.2) is 4.98 Å². The number of hydrogen-bond donors (Lipinski definition) is 1. The van der Waals surface area contributed by atoms with Crippen LogP contribution in [0.3, 0.4) is 0 Å². The summed E-state index contributed by atoms with van der Waals surface area (Å²) in [4.78, 5) is 38.9. The summed E-state index contributed by atoms with van der Waals surface area (Å²) in [5.41, 5.74) is 3.03. The maximum Gasteiger partial charge on any atom is 0.254 e. The van der Waals surface area contributed by atoms with E-state index >= 15 is 0 Å². The maximum absolute atomic E-state index is 13.1. The number of nitriles is 1. The van der Waals surface area contributed by atoms with Crippen molar-refractivity contribution >= 4 is 39.7 Å². The molecule has 152 valence electrons. The van der Waals surface area contributed by atoms with Crippen LogP contribution in [-0.4, -0.2) is 60.1 Å². The highest BCUT2D eigenvalue weighted by molar-refractivity contribution is 7.16. The summed E-state index contributed by atoms with van der Waals surface area (Å²) in [6.45, 7) is 3.25. The normalized spacial score (nSPS) is 20.6. The Balaban J connectivity index is 1.31. The second-order valence-electron chi connectivity index (χ2n) is 7.61. The van der Waals surface area contributed by atoms with Gasteiger partial charge in [-0.3, -0.25) is 14.6 Å². The standard InChI is InChI=1S/C21H20N6O2S/c22-11-14-12-24-21(30-14)27-8-6-26(7-9-27)20(29)13-3-4-15-17(10-13)25-19(28)16-2-1-5-23-18(15)16/h3-4,10,12,16H,1-2,5-9H2,(H,25,28). The molecule has 2 aromatic rings.